The highest BCUT2D eigenvalue weighted by atomic mass is 16.6. The minimum Gasteiger partial charge on any atom is -0.439 e. The fraction of sp³-hybridized carbons (Fsp3) is 0.667. The summed E-state index contributed by atoms with van der Waals surface area (Å²) in [5.41, 5.74) is 4.96. The molecular formula is C12H21NO3. The first kappa shape index (κ1) is 14.7. The van der Waals surface area contributed by atoms with Crippen molar-refractivity contribution in [2.75, 3.05) is 0 Å². The first-order chi connectivity index (χ1) is 7.41. The number of carbonyl (C=O) groups is 2. The molecule has 4 nitrogen and oxygen atoms in total. The minimum atomic E-state index is -0.902. The summed E-state index contributed by atoms with van der Waals surface area (Å²) in [7, 11) is 0. The molecule has 0 aromatic rings. The first-order valence-electron chi connectivity index (χ1n) is 5.43. The SMILES string of the molecule is C=CCCC(C)(C)CCC(C=O)OC(N)=O. The molecule has 0 aromatic heterocycles. The lowest BCUT2D eigenvalue weighted by atomic mass is 9.82. The van der Waals surface area contributed by atoms with E-state index in [-0.39, 0.29) is 5.41 Å². The summed E-state index contributed by atoms with van der Waals surface area (Å²) in [6.45, 7) is 7.90. The van der Waals surface area contributed by atoms with Crippen LogP contribution in [0.4, 0.5) is 4.79 Å². The maximum absolute atomic E-state index is 10.6. The van der Waals surface area contributed by atoms with Crippen LogP contribution in [0.1, 0.15) is 39.5 Å². The Kier molecular flexibility index (Phi) is 6.46. The Balaban J connectivity index is 4.03. The first-order valence-corrected chi connectivity index (χ1v) is 5.43. The molecule has 0 saturated heterocycles. The molecule has 0 aromatic carbocycles. The standard InChI is InChI=1S/C12H21NO3/c1-4-5-7-12(2,3)8-6-10(9-14)16-11(13)15/h4,9-10H,1,5-8H2,2-3H3,(H2,13,15). The molecule has 0 heterocycles. The monoisotopic (exact) mass is 227 g/mol. The molecule has 1 atom stereocenters. The molecule has 0 aliphatic rings. The minimum absolute atomic E-state index is 0.108. The summed E-state index contributed by atoms with van der Waals surface area (Å²) < 4.78 is 4.65. The van der Waals surface area contributed by atoms with Gasteiger partial charge in [0.25, 0.3) is 0 Å². The number of hydrogen-bond donors (Lipinski definition) is 1. The second-order valence-electron chi connectivity index (χ2n) is 4.64. The van der Waals surface area contributed by atoms with Gasteiger partial charge in [-0.05, 0) is 31.1 Å². The Hall–Kier alpha value is -1.32. The third-order valence-electron chi connectivity index (χ3n) is 2.55. The number of hydrogen-bond acceptors (Lipinski definition) is 3. The Bertz CT molecular complexity index is 249. The largest absolute Gasteiger partial charge is 0.439 e. The van der Waals surface area contributed by atoms with Crippen LogP contribution in [-0.2, 0) is 9.53 Å². The molecule has 0 bridgehead atoms. The van der Waals surface area contributed by atoms with Crippen LogP contribution in [-0.4, -0.2) is 18.5 Å². The molecule has 0 saturated carbocycles. The number of allylic oxidation sites excluding steroid dienone is 1. The molecule has 2 N–H and O–H groups in total. The van der Waals surface area contributed by atoms with Crippen molar-refractivity contribution in [1.82, 2.24) is 0 Å². The third-order valence-corrected chi connectivity index (χ3v) is 2.55. The highest BCUT2D eigenvalue weighted by molar-refractivity contribution is 5.68. The van der Waals surface area contributed by atoms with Crippen LogP contribution in [0.2, 0.25) is 0 Å². The van der Waals surface area contributed by atoms with Crippen molar-refractivity contribution in [2.45, 2.75) is 45.6 Å². The van der Waals surface area contributed by atoms with Crippen LogP contribution in [0.5, 0.6) is 0 Å². The average molecular weight is 227 g/mol. The van der Waals surface area contributed by atoms with Crippen LogP contribution < -0.4 is 5.73 Å². The highest BCUT2D eigenvalue weighted by Crippen LogP contribution is 2.29. The van der Waals surface area contributed by atoms with E-state index in [2.05, 4.69) is 25.2 Å². The van der Waals surface area contributed by atoms with Crippen LogP contribution in [0.25, 0.3) is 0 Å². The molecule has 0 aliphatic carbocycles. The molecule has 0 fully saturated rings. The molecular weight excluding hydrogens is 206 g/mol. The normalized spacial score (nSPS) is 12.9. The molecule has 0 aliphatic heterocycles. The number of nitrogens with two attached hydrogens (primary N) is 1. The molecule has 0 spiro atoms. The van der Waals surface area contributed by atoms with E-state index in [1.807, 2.05) is 6.08 Å². The number of carbonyl (C=O) groups excluding carboxylic acids is 2. The average Bonchev–Trinajstić information content (AvgIpc) is 2.21. The fourth-order valence-corrected chi connectivity index (χ4v) is 1.45. The number of primary amides is 1. The van der Waals surface area contributed by atoms with Gasteiger partial charge in [0.1, 0.15) is 0 Å². The van der Waals surface area contributed by atoms with E-state index in [4.69, 9.17) is 5.73 Å². The van der Waals surface area contributed by atoms with Gasteiger partial charge in [-0.1, -0.05) is 19.9 Å². The van der Waals surface area contributed by atoms with Crippen molar-refractivity contribution in [1.29, 1.82) is 0 Å². The summed E-state index contributed by atoms with van der Waals surface area (Å²) in [5.74, 6) is 0. The maximum atomic E-state index is 10.6. The Labute approximate surface area is 96.8 Å². The van der Waals surface area contributed by atoms with Gasteiger partial charge in [-0.25, -0.2) is 4.79 Å². The van der Waals surface area contributed by atoms with Gasteiger partial charge in [-0.3, -0.25) is 4.79 Å². The zero-order valence-electron chi connectivity index (χ0n) is 10.1. The van der Waals surface area contributed by atoms with Gasteiger partial charge in [-0.2, -0.15) is 0 Å². The van der Waals surface area contributed by atoms with Gasteiger partial charge in [0.2, 0.25) is 0 Å². The zero-order valence-corrected chi connectivity index (χ0v) is 10.1. The molecule has 92 valence electrons. The van der Waals surface area contributed by atoms with E-state index in [0.717, 1.165) is 19.3 Å². The fourth-order valence-electron chi connectivity index (χ4n) is 1.45. The lowest BCUT2D eigenvalue weighted by molar-refractivity contribution is -0.115. The summed E-state index contributed by atoms with van der Waals surface area (Å²) in [6, 6.07) is 0. The lowest BCUT2D eigenvalue weighted by Gasteiger charge is -2.25. The molecule has 4 heteroatoms. The van der Waals surface area contributed by atoms with E-state index in [1.165, 1.54) is 0 Å². The topological polar surface area (TPSA) is 69.4 Å². The summed E-state index contributed by atoms with van der Waals surface area (Å²) in [6.07, 6.45) is 4.12. The quantitative estimate of drug-likeness (QED) is 0.511. The van der Waals surface area contributed by atoms with Gasteiger partial charge in [0, 0.05) is 0 Å². The van der Waals surface area contributed by atoms with Crippen molar-refractivity contribution < 1.29 is 14.3 Å². The smallest absolute Gasteiger partial charge is 0.405 e. The second kappa shape index (κ2) is 7.04. The third kappa shape index (κ3) is 7.04. The van der Waals surface area contributed by atoms with Gasteiger partial charge in [0.15, 0.2) is 12.4 Å². The van der Waals surface area contributed by atoms with Crippen molar-refractivity contribution in [3.05, 3.63) is 12.7 Å². The van der Waals surface area contributed by atoms with E-state index in [1.54, 1.807) is 0 Å². The number of rotatable bonds is 8. The van der Waals surface area contributed by atoms with Gasteiger partial charge in [-0.15, -0.1) is 6.58 Å². The molecule has 0 rings (SSSR count). The van der Waals surface area contributed by atoms with Crippen molar-refractivity contribution >= 4 is 12.4 Å². The maximum Gasteiger partial charge on any atom is 0.405 e. The van der Waals surface area contributed by atoms with Gasteiger partial charge < -0.3 is 10.5 Å². The molecule has 1 unspecified atom stereocenters. The molecule has 1 amide bonds. The van der Waals surface area contributed by atoms with Crippen LogP contribution in [0.15, 0.2) is 12.7 Å². The summed E-state index contributed by atoms with van der Waals surface area (Å²) in [5, 5.41) is 0. The summed E-state index contributed by atoms with van der Waals surface area (Å²) in [4.78, 5) is 21.1. The highest BCUT2D eigenvalue weighted by Gasteiger charge is 2.20. The van der Waals surface area contributed by atoms with Gasteiger partial charge in [0.05, 0.1) is 0 Å². The van der Waals surface area contributed by atoms with Crippen LogP contribution in [0.3, 0.4) is 0 Å². The van der Waals surface area contributed by atoms with Gasteiger partial charge >= 0.3 is 6.09 Å². The van der Waals surface area contributed by atoms with Crippen LogP contribution >= 0.6 is 0 Å². The number of ether oxygens (including phenoxy) is 1. The van der Waals surface area contributed by atoms with Crippen LogP contribution in [0, 0.1) is 5.41 Å². The van der Waals surface area contributed by atoms with E-state index in [0.29, 0.717) is 12.7 Å². The van der Waals surface area contributed by atoms with E-state index >= 15 is 0 Å². The van der Waals surface area contributed by atoms with Crippen molar-refractivity contribution in [3.8, 4) is 0 Å². The molecule has 16 heavy (non-hydrogen) atoms. The number of amides is 1. The molecule has 0 radical (unpaired) electrons. The lowest BCUT2D eigenvalue weighted by Crippen LogP contribution is -2.25. The zero-order chi connectivity index (χ0) is 12.6. The second-order valence-corrected chi connectivity index (χ2v) is 4.64. The number of aldehydes is 1. The summed E-state index contributed by atoms with van der Waals surface area (Å²) >= 11 is 0. The van der Waals surface area contributed by atoms with Crippen molar-refractivity contribution in [2.24, 2.45) is 11.1 Å². The van der Waals surface area contributed by atoms with E-state index < -0.39 is 12.2 Å². The predicted molar refractivity (Wildman–Crippen MR) is 63.0 cm³/mol. The Morgan fingerprint density at radius 2 is 2.12 bits per heavy atom. The van der Waals surface area contributed by atoms with E-state index in [9.17, 15) is 9.59 Å². The Morgan fingerprint density at radius 1 is 1.50 bits per heavy atom. The van der Waals surface area contributed by atoms with Crippen molar-refractivity contribution in [3.63, 3.8) is 0 Å². The Morgan fingerprint density at radius 3 is 2.56 bits per heavy atom. The predicted octanol–water partition coefficient (Wildman–Crippen LogP) is 2.42.